The standard InChI is InChI=1S/C19H20N2O4S2/c1-4-14-11(3)16(18(23)24-5-2)17(27-14)21-15(22)10-26-19-20-12-8-6-7-9-13(12)25-19/h6-9H,4-5,10H2,1-3H3,(H,21,22). The van der Waals surface area contributed by atoms with Crippen molar-refractivity contribution in [3.8, 4) is 0 Å². The van der Waals surface area contributed by atoms with Crippen LogP contribution in [0.4, 0.5) is 5.00 Å². The van der Waals surface area contributed by atoms with Crippen LogP contribution in [0.2, 0.25) is 0 Å². The van der Waals surface area contributed by atoms with E-state index in [1.807, 2.05) is 38.1 Å². The van der Waals surface area contributed by atoms with Crippen LogP contribution in [0, 0.1) is 6.92 Å². The Kier molecular flexibility index (Phi) is 6.18. The van der Waals surface area contributed by atoms with Gasteiger partial charge in [0.1, 0.15) is 10.5 Å². The summed E-state index contributed by atoms with van der Waals surface area (Å²) in [6.45, 7) is 5.94. The summed E-state index contributed by atoms with van der Waals surface area (Å²) in [6.07, 6.45) is 0.788. The molecule has 0 fully saturated rings. The molecule has 2 heterocycles. The van der Waals surface area contributed by atoms with E-state index in [1.165, 1.54) is 23.1 Å². The number of hydrogen-bond donors (Lipinski definition) is 1. The summed E-state index contributed by atoms with van der Waals surface area (Å²) >= 11 is 2.63. The van der Waals surface area contributed by atoms with E-state index in [2.05, 4.69) is 10.3 Å². The molecule has 0 unspecified atom stereocenters. The molecule has 3 rings (SSSR count). The molecule has 0 saturated heterocycles. The van der Waals surface area contributed by atoms with Crippen molar-refractivity contribution >= 4 is 51.1 Å². The van der Waals surface area contributed by atoms with Gasteiger partial charge in [-0.15, -0.1) is 11.3 Å². The number of aryl methyl sites for hydroxylation is 1. The molecule has 0 atom stereocenters. The number of para-hydroxylation sites is 2. The number of carbonyl (C=O) groups excluding carboxylic acids is 2. The molecule has 3 aromatic rings. The zero-order valence-corrected chi connectivity index (χ0v) is 17.0. The first-order chi connectivity index (χ1) is 13.0. The number of thioether (sulfide) groups is 1. The van der Waals surface area contributed by atoms with Crippen LogP contribution in [0.15, 0.2) is 33.9 Å². The molecule has 1 N–H and O–H groups in total. The third kappa shape index (κ3) is 4.33. The number of carbonyl (C=O) groups is 2. The quantitative estimate of drug-likeness (QED) is 0.455. The van der Waals surface area contributed by atoms with E-state index in [9.17, 15) is 9.59 Å². The fraction of sp³-hybridized carbons (Fsp3) is 0.316. The first-order valence-electron chi connectivity index (χ1n) is 8.61. The Bertz CT molecular complexity index is 944. The average molecular weight is 405 g/mol. The molecule has 0 bridgehead atoms. The molecule has 8 heteroatoms. The molecule has 0 radical (unpaired) electrons. The van der Waals surface area contributed by atoms with Gasteiger partial charge in [-0.1, -0.05) is 30.8 Å². The van der Waals surface area contributed by atoms with Crippen LogP contribution in [0.1, 0.15) is 34.6 Å². The molecule has 6 nitrogen and oxygen atoms in total. The summed E-state index contributed by atoms with van der Waals surface area (Å²) < 4.78 is 10.7. The number of fused-ring (bicyclic) bond motifs is 1. The monoisotopic (exact) mass is 404 g/mol. The minimum Gasteiger partial charge on any atom is -0.462 e. The third-order valence-corrected chi connectivity index (χ3v) is 6.08. The maximum Gasteiger partial charge on any atom is 0.341 e. The zero-order chi connectivity index (χ0) is 19.4. The van der Waals surface area contributed by atoms with Gasteiger partial charge in [0.05, 0.1) is 17.9 Å². The third-order valence-electron chi connectivity index (χ3n) is 3.90. The molecule has 0 aliphatic carbocycles. The van der Waals surface area contributed by atoms with Gasteiger partial charge >= 0.3 is 5.97 Å². The number of thiophene rings is 1. The summed E-state index contributed by atoms with van der Waals surface area (Å²) in [5, 5.41) is 3.81. The van der Waals surface area contributed by atoms with E-state index in [-0.39, 0.29) is 18.3 Å². The van der Waals surface area contributed by atoms with E-state index < -0.39 is 5.97 Å². The molecule has 1 aromatic carbocycles. The molecular weight excluding hydrogens is 384 g/mol. The van der Waals surface area contributed by atoms with Crippen LogP contribution in [0.5, 0.6) is 0 Å². The van der Waals surface area contributed by atoms with E-state index in [4.69, 9.17) is 9.15 Å². The summed E-state index contributed by atoms with van der Waals surface area (Å²) in [5.41, 5.74) is 2.75. The molecular formula is C19H20N2O4S2. The molecule has 0 aliphatic heterocycles. The van der Waals surface area contributed by atoms with Gasteiger partial charge in [0.15, 0.2) is 5.58 Å². The first kappa shape index (κ1) is 19.4. The SMILES string of the molecule is CCOC(=O)c1c(NC(=O)CSc2nc3ccccc3o2)sc(CC)c1C. The minimum atomic E-state index is -0.409. The maximum atomic E-state index is 12.4. The van der Waals surface area contributed by atoms with Crippen molar-refractivity contribution in [1.29, 1.82) is 0 Å². The van der Waals surface area contributed by atoms with Crippen LogP contribution < -0.4 is 5.32 Å². The topological polar surface area (TPSA) is 81.4 Å². The molecule has 27 heavy (non-hydrogen) atoms. The normalized spacial score (nSPS) is 10.9. The van der Waals surface area contributed by atoms with Crippen molar-refractivity contribution in [2.24, 2.45) is 0 Å². The molecule has 0 spiro atoms. The second kappa shape index (κ2) is 8.58. The number of oxazole rings is 1. The maximum absolute atomic E-state index is 12.4. The van der Waals surface area contributed by atoms with Crippen LogP contribution in [0.3, 0.4) is 0 Å². The first-order valence-corrected chi connectivity index (χ1v) is 10.4. The van der Waals surface area contributed by atoms with Crippen LogP contribution in [-0.4, -0.2) is 29.2 Å². The Morgan fingerprint density at radius 3 is 2.78 bits per heavy atom. The predicted octanol–water partition coefficient (Wildman–Crippen LogP) is 4.67. The van der Waals surface area contributed by atoms with Gasteiger partial charge in [0, 0.05) is 4.88 Å². The van der Waals surface area contributed by atoms with E-state index >= 15 is 0 Å². The highest BCUT2D eigenvalue weighted by molar-refractivity contribution is 7.99. The number of rotatable bonds is 7. The van der Waals surface area contributed by atoms with E-state index in [0.717, 1.165) is 22.4 Å². The van der Waals surface area contributed by atoms with E-state index in [1.54, 1.807) is 6.92 Å². The van der Waals surface area contributed by atoms with Gasteiger partial charge in [-0.05, 0) is 38.0 Å². The van der Waals surface area contributed by atoms with E-state index in [0.29, 0.717) is 21.4 Å². The number of hydrogen-bond acceptors (Lipinski definition) is 7. The molecule has 1 amide bonds. The van der Waals surface area contributed by atoms with Gasteiger partial charge in [-0.2, -0.15) is 0 Å². The lowest BCUT2D eigenvalue weighted by Gasteiger charge is -2.06. The Morgan fingerprint density at radius 2 is 2.07 bits per heavy atom. The molecule has 142 valence electrons. The second-order valence-electron chi connectivity index (χ2n) is 5.71. The largest absolute Gasteiger partial charge is 0.462 e. The van der Waals surface area contributed by atoms with Crippen molar-refractivity contribution in [3.05, 3.63) is 40.3 Å². The number of esters is 1. The van der Waals surface area contributed by atoms with Crippen molar-refractivity contribution in [3.63, 3.8) is 0 Å². The van der Waals surface area contributed by atoms with Gasteiger partial charge < -0.3 is 14.5 Å². The smallest absolute Gasteiger partial charge is 0.341 e. The van der Waals surface area contributed by atoms with Crippen LogP contribution in [0.25, 0.3) is 11.1 Å². The summed E-state index contributed by atoms with van der Waals surface area (Å²) in [5.74, 6) is -0.502. The highest BCUT2D eigenvalue weighted by Gasteiger charge is 2.23. The number of aromatic nitrogens is 1. The van der Waals surface area contributed by atoms with Gasteiger partial charge in [-0.25, -0.2) is 9.78 Å². The molecule has 2 aromatic heterocycles. The lowest BCUT2D eigenvalue weighted by molar-refractivity contribution is -0.113. The highest BCUT2D eigenvalue weighted by atomic mass is 32.2. The minimum absolute atomic E-state index is 0.132. The number of nitrogens with zero attached hydrogens (tertiary/aromatic N) is 1. The number of benzene rings is 1. The van der Waals surface area contributed by atoms with Crippen LogP contribution in [-0.2, 0) is 16.0 Å². The average Bonchev–Trinajstić information content (AvgIpc) is 3.20. The number of amides is 1. The summed E-state index contributed by atoms with van der Waals surface area (Å²) in [6, 6.07) is 7.44. The van der Waals surface area contributed by atoms with Crippen molar-refractivity contribution in [2.75, 3.05) is 17.7 Å². The fourth-order valence-electron chi connectivity index (χ4n) is 2.64. The number of nitrogens with one attached hydrogen (secondary N) is 1. The Balaban J connectivity index is 1.70. The fourth-order valence-corrected chi connectivity index (χ4v) is 4.43. The number of anilines is 1. The van der Waals surface area contributed by atoms with Crippen LogP contribution >= 0.6 is 23.1 Å². The lowest BCUT2D eigenvalue weighted by Crippen LogP contribution is -2.16. The zero-order valence-electron chi connectivity index (χ0n) is 15.3. The Hall–Kier alpha value is -2.32. The van der Waals surface area contributed by atoms with Crippen molar-refractivity contribution < 1.29 is 18.7 Å². The molecule has 0 aliphatic rings. The van der Waals surface area contributed by atoms with Crippen molar-refractivity contribution in [2.45, 2.75) is 32.4 Å². The summed E-state index contributed by atoms with van der Waals surface area (Å²) in [4.78, 5) is 30.1. The van der Waals surface area contributed by atoms with Crippen molar-refractivity contribution in [1.82, 2.24) is 4.98 Å². The van der Waals surface area contributed by atoms with Gasteiger partial charge in [0.25, 0.3) is 5.22 Å². The number of ether oxygens (including phenoxy) is 1. The lowest BCUT2D eigenvalue weighted by atomic mass is 10.1. The van der Waals surface area contributed by atoms with Gasteiger partial charge in [0.2, 0.25) is 5.91 Å². The molecule has 0 saturated carbocycles. The Labute approximate surface area is 165 Å². The predicted molar refractivity (Wildman–Crippen MR) is 108 cm³/mol. The van der Waals surface area contributed by atoms with Gasteiger partial charge in [-0.3, -0.25) is 4.79 Å². The summed E-state index contributed by atoms with van der Waals surface area (Å²) in [7, 11) is 0. The Morgan fingerprint density at radius 1 is 1.30 bits per heavy atom. The highest BCUT2D eigenvalue weighted by Crippen LogP contribution is 2.34. The second-order valence-corrected chi connectivity index (χ2v) is 7.74.